The molecule has 0 aliphatic heterocycles. The topological polar surface area (TPSA) is 29.1 Å². The molecule has 4 fully saturated rings. The van der Waals surface area contributed by atoms with Gasteiger partial charge in [0.2, 0.25) is 5.91 Å². The summed E-state index contributed by atoms with van der Waals surface area (Å²) in [6.45, 7) is 4.17. The van der Waals surface area contributed by atoms with E-state index in [0.717, 1.165) is 24.2 Å². The van der Waals surface area contributed by atoms with Crippen molar-refractivity contribution < 1.29 is 4.79 Å². The molecule has 0 saturated heterocycles. The van der Waals surface area contributed by atoms with Crippen LogP contribution in [0.2, 0.25) is 0 Å². The molecule has 4 aliphatic carbocycles. The fraction of sp³-hybridized carbons (Fsp3) is 0.941. The van der Waals surface area contributed by atoms with Crippen molar-refractivity contribution in [3.63, 3.8) is 0 Å². The van der Waals surface area contributed by atoms with Crippen molar-refractivity contribution >= 4 is 17.5 Å². The average Bonchev–Trinajstić information content (AvgIpc) is 2.34. The predicted molar refractivity (Wildman–Crippen MR) is 82.7 cm³/mol. The largest absolute Gasteiger partial charge is 0.353 e. The van der Waals surface area contributed by atoms with Gasteiger partial charge in [-0.05, 0) is 74.5 Å². The number of rotatable bonds is 5. The SMILES string of the molecule is CC(CCl)C(C)NC(=O)CC12CC3CC(CC(C3)C1)C2. The van der Waals surface area contributed by atoms with Crippen molar-refractivity contribution in [2.45, 2.75) is 64.8 Å². The third-order valence-corrected chi connectivity index (χ3v) is 6.67. The molecule has 2 nitrogen and oxygen atoms in total. The van der Waals surface area contributed by atoms with E-state index in [9.17, 15) is 4.79 Å². The van der Waals surface area contributed by atoms with Gasteiger partial charge >= 0.3 is 0 Å². The lowest BCUT2D eigenvalue weighted by molar-refractivity contribution is -0.130. The molecule has 4 aliphatic rings. The molecular formula is C17H28ClNO. The lowest BCUT2D eigenvalue weighted by Gasteiger charge is -2.56. The Labute approximate surface area is 128 Å². The van der Waals surface area contributed by atoms with Crippen LogP contribution in [-0.4, -0.2) is 17.8 Å². The summed E-state index contributed by atoms with van der Waals surface area (Å²) in [4.78, 5) is 12.4. The van der Waals surface area contributed by atoms with Gasteiger partial charge in [0.25, 0.3) is 0 Å². The highest BCUT2D eigenvalue weighted by molar-refractivity contribution is 6.18. The number of nitrogens with one attached hydrogen (secondary N) is 1. The van der Waals surface area contributed by atoms with Crippen LogP contribution in [0.3, 0.4) is 0 Å². The van der Waals surface area contributed by atoms with E-state index >= 15 is 0 Å². The van der Waals surface area contributed by atoms with Crippen molar-refractivity contribution in [3.8, 4) is 0 Å². The van der Waals surface area contributed by atoms with Gasteiger partial charge in [0.1, 0.15) is 0 Å². The van der Waals surface area contributed by atoms with Crippen molar-refractivity contribution in [2.24, 2.45) is 29.1 Å². The second kappa shape index (κ2) is 5.51. The minimum absolute atomic E-state index is 0.189. The van der Waals surface area contributed by atoms with Crippen LogP contribution in [0.4, 0.5) is 0 Å². The molecule has 1 N–H and O–H groups in total. The third-order valence-electron chi connectivity index (χ3n) is 6.19. The normalized spacial score (nSPS) is 41.5. The Morgan fingerprint density at radius 2 is 1.65 bits per heavy atom. The number of hydrogen-bond acceptors (Lipinski definition) is 1. The number of carbonyl (C=O) groups is 1. The van der Waals surface area contributed by atoms with E-state index in [1.165, 1.54) is 38.5 Å². The number of amides is 1. The zero-order valence-electron chi connectivity index (χ0n) is 12.8. The summed E-state index contributed by atoms with van der Waals surface area (Å²) in [5.74, 6) is 3.99. The minimum atomic E-state index is 0.189. The van der Waals surface area contributed by atoms with Crippen LogP contribution in [0.5, 0.6) is 0 Å². The fourth-order valence-electron chi connectivity index (χ4n) is 5.43. The molecular weight excluding hydrogens is 270 g/mol. The molecule has 0 radical (unpaired) electrons. The molecule has 3 heteroatoms. The van der Waals surface area contributed by atoms with Crippen LogP contribution in [0, 0.1) is 29.1 Å². The van der Waals surface area contributed by atoms with Crippen LogP contribution in [-0.2, 0) is 4.79 Å². The molecule has 114 valence electrons. The van der Waals surface area contributed by atoms with Crippen molar-refractivity contribution in [1.82, 2.24) is 5.32 Å². The molecule has 0 spiro atoms. The first kappa shape index (κ1) is 14.7. The van der Waals surface area contributed by atoms with Gasteiger partial charge in [0.05, 0.1) is 0 Å². The molecule has 0 aromatic rings. The summed E-state index contributed by atoms with van der Waals surface area (Å²) >= 11 is 5.88. The van der Waals surface area contributed by atoms with Crippen LogP contribution in [0.15, 0.2) is 0 Å². The number of carbonyl (C=O) groups excluding carboxylic acids is 1. The molecule has 0 heterocycles. The summed E-state index contributed by atoms with van der Waals surface area (Å²) in [5, 5.41) is 3.18. The second-order valence-electron chi connectivity index (χ2n) is 8.08. The van der Waals surface area contributed by atoms with E-state index in [2.05, 4.69) is 19.2 Å². The Balaban J connectivity index is 1.59. The lowest BCUT2D eigenvalue weighted by Crippen LogP contribution is -2.49. The summed E-state index contributed by atoms with van der Waals surface area (Å²) in [7, 11) is 0. The maximum absolute atomic E-state index is 12.4. The number of hydrogen-bond donors (Lipinski definition) is 1. The summed E-state index contributed by atoms with van der Waals surface area (Å²) < 4.78 is 0. The average molecular weight is 298 g/mol. The number of halogens is 1. The Hall–Kier alpha value is -0.240. The molecule has 0 aromatic carbocycles. The Morgan fingerprint density at radius 3 is 2.10 bits per heavy atom. The molecule has 0 aromatic heterocycles. The quantitative estimate of drug-likeness (QED) is 0.764. The predicted octanol–water partition coefficient (Wildman–Crippen LogP) is 3.97. The van der Waals surface area contributed by atoms with Crippen molar-refractivity contribution in [3.05, 3.63) is 0 Å². The van der Waals surface area contributed by atoms with E-state index in [1.807, 2.05) is 0 Å². The number of alkyl halides is 1. The van der Waals surface area contributed by atoms with E-state index < -0.39 is 0 Å². The first-order chi connectivity index (χ1) is 9.49. The molecule has 4 bridgehead atoms. The standard InChI is InChI=1S/C17H28ClNO/c1-11(10-18)12(2)19-16(20)9-17-6-13-3-14(7-17)5-15(4-13)8-17/h11-15H,3-10H2,1-2H3,(H,19,20). The highest BCUT2D eigenvalue weighted by atomic mass is 35.5. The fourth-order valence-corrected chi connectivity index (χ4v) is 5.70. The summed E-state index contributed by atoms with van der Waals surface area (Å²) in [5.41, 5.74) is 0.350. The molecule has 4 saturated carbocycles. The molecule has 20 heavy (non-hydrogen) atoms. The third kappa shape index (κ3) is 2.86. The maximum Gasteiger partial charge on any atom is 0.220 e. The van der Waals surface area contributed by atoms with E-state index in [-0.39, 0.29) is 11.9 Å². The van der Waals surface area contributed by atoms with Gasteiger partial charge < -0.3 is 5.32 Å². The Kier molecular flexibility index (Phi) is 4.05. The lowest BCUT2D eigenvalue weighted by atomic mass is 9.49. The van der Waals surface area contributed by atoms with Gasteiger partial charge in [-0.1, -0.05) is 6.92 Å². The van der Waals surface area contributed by atoms with Gasteiger partial charge in [-0.25, -0.2) is 0 Å². The van der Waals surface area contributed by atoms with Crippen LogP contribution >= 0.6 is 11.6 Å². The van der Waals surface area contributed by atoms with Crippen molar-refractivity contribution in [1.29, 1.82) is 0 Å². The van der Waals surface area contributed by atoms with Gasteiger partial charge in [0, 0.05) is 18.3 Å². The van der Waals surface area contributed by atoms with Gasteiger partial charge in [0.15, 0.2) is 0 Å². The molecule has 2 atom stereocenters. The zero-order chi connectivity index (χ0) is 14.3. The summed E-state index contributed by atoms with van der Waals surface area (Å²) in [6, 6.07) is 0.189. The van der Waals surface area contributed by atoms with Crippen LogP contribution in [0.25, 0.3) is 0 Å². The van der Waals surface area contributed by atoms with Gasteiger partial charge in [-0.2, -0.15) is 0 Å². The highest BCUT2D eigenvalue weighted by Crippen LogP contribution is 2.61. The van der Waals surface area contributed by atoms with Crippen molar-refractivity contribution in [2.75, 3.05) is 5.88 Å². The first-order valence-corrected chi connectivity index (χ1v) is 8.88. The van der Waals surface area contributed by atoms with E-state index in [1.54, 1.807) is 0 Å². The highest BCUT2D eigenvalue weighted by Gasteiger charge is 2.51. The van der Waals surface area contributed by atoms with Gasteiger partial charge in [-0.15, -0.1) is 11.6 Å². The Bertz CT molecular complexity index is 346. The monoisotopic (exact) mass is 297 g/mol. The maximum atomic E-state index is 12.4. The molecule has 4 rings (SSSR count). The van der Waals surface area contributed by atoms with Crippen LogP contribution < -0.4 is 5.32 Å². The van der Waals surface area contributed by atoms with Crippen LogP contribution in [0.1, 0.15) is 58.8 Å². The second-order valence-corrected chi connectivity index (χ2v) is 8.39. The zero-order valence-corrected chi connectivity index (χ0v) is 13.6. The van der Waals surface area contributed by atoms with E-state index in [0.29, 0.717) is 17.2 Å². The summed E-state index contributed by atoms with van der Waals surface area (Å²) in [6.07, 6.45) is 9.03. The molecule has 2 unspecified atom stereocenters. The Morgan fingerprint density at radius 1 is 1.15 bits per heavy atom. The molecule has 1 amide bonds. The van der Waals surface area contributed by atoms with Gasteiger partial charge in [-0.3, -0.25) is 4.79 Å². The van der Waals surface area contributed by atoms with E-state index in [4.69, 9.17) is 11.6 Å². The smallest absolute Gasteiger partial charge is 0.220 e. The minimum Gasteiger partial charge on any atom is -0.353 e. The first-order valence-electron chi connectivity index (χ1n) is 8.35.